The van der Waals surface area contributed by atoms with Crippen molar-refractivity contribution in [3.05, 3.63) is 52.8 Å². The van der Waals surface area contributed by atoms with Gasteiger partial charge in [-0.1, -0.05) is 11.6 Å². The van der Waals surface area contributed by atoms with Crippen molar-refractivity contribution in [3.8, 4) is 5.75 Å². The number of nitrogens with one attached hydrogen (secondary N) is 1. The monoisotopic (exact) mass is 463 g/mol. The molecule has 7 nitrogen and oxygen atoms in total. The quantitative estimate of drug-likeness (QED) is 0.710. The van der Waals surface area contributed by atoms with Crippen molar-refractivity contribution in [2.24, 2.45) is 0 Å². The molecule has 0 radical (unpaired) electrons. The molecule has 170 valence electrons. The van der Waals surface area contributed by atoms with Crippen LogP contribution in [0.2, 0.25) is 5.02 Å². The van der Waals surface area contributed by atoms with Gasteiger partial charge < -0.3 is 19.9 Å². The van der Waals surface area contributed by atoms with Crippen LogP contribution < -0.4 is 4.74 Å². The number of benzene rings is 1. The average Bonchev–Trinajstić information content (AvgIpc) is 3.17. The van der Waals surface area contributed by atoms with E-state index in [4.69, 9.17) is 21.7 Å². The zero-order valence-corrected chi connectivity index (χ0v) is 18.2. The number of nitrogens with zero attached hydrogens (tertiary/aromatic N) is 4. The van der Waals surface area contributed by atoms with Crippen LogP contribution in [0.25, 0.3) is 0 Å². The highest BCUT2D eigenvalue weighted by atomic mass is 35.5. The van der Waals surface area contributed by atoms with Gasteiger partial charge in [0.25, 0.3) is 5.91 Å². The zero-order chi connectivity index (χ0) is 22.7. The normalized spacial score (nSPS) is 20.0. The molecule has 1 atom stereocenters. The smallest absolute Gasteiger partial charge is 0.257 e. The minimum absolute atomic E-state index is 0.133. The topological polar surface area (TPSA) is 82.4 Å². The first kappa shape index (κ1) is 22.5. The predicted octanol–water partition coefficient (Wildman–Crippen LogP) is 3.34. The molecule has 1 unspecified atom stereocenters. The van der Waals surface area contributed by atoms with E-state index in [1.54, 1.807) is 0 Å². The Labute approximate surface area is 189 Å². The first-order valence-corrected chi connectivity index (χ1v) is 10.9. The lowest BCUT2D eigenvalue weighted by atomic mass is 10.1. The van der Waals surface area contributed by atoms with E-state index in [9.17, 15) is 13.6 Å². The summed E-state index contributed by atoms with van der Waals surface area (Å²) in [5, 5.41) is 8.70. The van der Waals surface area contributed by atoms with E-state index in [0.29, 0.717) is 49.0 Å². The van der Waals surface area contributed by atoms with Gasteiger partial charge in [0.2, 0.25) is 0 Å². The zero-order valence-electron chi connectivity index (χ0n) is 17.4. The van der Waals surface area contributed by atoms with Gasteiger partial charge in [-0.3, -0.25) is 4.79 Å². The number of likely N-dealkylation sites (tertiary alicyclic amines) is 2. The summed E-state index contributed by atoms with van der Waals surface area (Å²) in [7, 11) is 0. The van der Waals surface area contributed by atoms with Crippen molar-refractivity contribution < 1.29 is 18.3 Å². The Kier molecular flexibility index (Phi) is 6.95. The molecule has 1 N–H and O–H groups in total. The maximum Gasteiger partial charge on any atom is 0.257 e. The minimum atomic E-state index is -0.493. The van der Waals surface area contributed by atoms with Crippen molar-refractivity contribution in [2.75, 3.05) is 39.4 Å². The summed E-state index contributed by atoms with van der Waals surface area (Å²) in [6, 6.07) is 3.87. The molecule has 4 rings (SSSR count). The molecule has 0 spiro atoms. The van der Waals surface area contributed by atoms with Gasteiger partial charge in [-0.15, -0.1) is 0 Å². The number of carbonyl (C=O) groups excluding carboxylic acids is 1. The van der Waals surface area contributed by atoms with Gasteiger partial charge in [0, 0.05) is 50.4 Å². The van der Waals surface area contributed by atoms with Gasteiger partial charge in [-0.05, 0) is 25.0 Å². The van der Waals surface area contributed by atoms with E-state index < -0.39 is 11.7 Å². The second-order valence-corrected chi connectivity index (χ2v) is 8.45. The Balaban J connectivity index is 1.47. The Hall–Kier alpha value is -2.65. The summed E-state index contributed by atoms with van der Waals surface area (Å²) in [4.78, 5) is 25.2. The molecule has 1 amide bonds. The number of amides is 1. The standard InChI is InChI=1S/C22H24ClF2N5O2/c23-14-10-27-21(28-11-14)18-12-30(13-19(18)26)22(31)17-2-1-15(25)9-20(17)32-16-3-6-29(7-4-16)8-5-24/h1-2,9-11,16,18,26H,3-8,12-13H2. The molecule has 1 aromatic carbocycles. The predicted molar refractivity (Wildman–Crippen MR) is 116 cm³/mol. The number of carbonyl (C=O) groups is 1. The lowest BCUT2D eigenvalue weighted by molar-refractivity contribution is 0.0766. The summed E-state index contributed by atoms with van der Waals surface area (Å²) in [5.41, 5.74) is 0.577. The molecule has 3 heterocycles. The molecule has 2 fully saturated rings. The first-order chi connectivity index (χ1) is 15.4. The van der Waals surface area contributed by atoms with Crippen LogP contribution in [-0.4, -0.2) is 76.9 Å². The number of halogens is 3. The summed E-state index contributed by atoms with van der Waals surface area (Å²) >= 11 is 5.84. The SMILES string of the molecule is N=C1CN(C(=O)c2ccc(F)cc2OC2CCN(CCF)CC2)CC1c1ncc(Cl)cn1. The van der Waals surface area contributed by atoms with E-state index in [1.165, 1.54) is 35.5 Å². The van der Waals surface area contributed by atoms with Crippen LogP contribution in [0, 0.1) is 11.2 Å². The molecule has 0 aliphatic carbocycles. The average molecular weight is 464 g/mol. The van der Waals surface area contributed by atoms with E-state index in [2.05, 4.69) is 9.97 Å². The van der Waals surface area contributed by atoms with Crippen LogP contribution >= 0.6 is 11.6 Å². The van der Waals surface area contributed by atoms with Gasteiger partial charge in [-0.2, -0.15) is 0 Å². The van der Waals surface area contributed by atoms with Gasteiger partial charge in [-0.25, -0.2) is 18.7 Å². The number of piperidine rings is 1. The van der Waals surface area contributed by atoms with Gasteiger partial charge in [0.05, 0.1) is 23.0 Å². The van der Waals surface area contributed by atoms with Crippen molar-refractivity contribution in [3.63, 3.8) is 0 Å². The molecule has 32 heavy (non-hydrogen) atoms. The van der Waals surface area contributed by atoms with Crippen molar-refractivity contribution in [1.29, 1.82) is 5.41 Å². The van der Waals surface area contributed by atoms with E-state index in [1.807, 2.05) is 4.90 Å². The van der Waals surface area contributed by atoms with E-state index in [-0.39, 0.29) is 43.1 Å². The molecule has 2 aliphatic heterocycles. The fourth-order valence-electron chi connectivity index (χ4n) is 4.10. The second-order valence-electron chi connectivity index (χ2n) is 8.01. The number of aromatic nitrogens is 2. The summed E-state index contributed by atoms with van der Waals surface area (Å²) < 4.78 is 32.5. The largest absolute Gasteiger partial charge is 0.489 e. The van der Waals surface area contributed by atoms with Crippen molar-refractivity contribution >= 4 is 23.2 Å². The van der Waals surface area contributed by atoms with Gasteiger partial charge >= 0.3 is 0 Å². The highest BCUT2D eigenvalue weighted by Gasteiger charge is 2.35. The molecule has 2 saturated heterocycles. The second kappa shape index (κ2) is 9.87. The highest BCUT2D eigenvalue weighted by Crippen LogP contribution is 2.29. The third-order valence-electron chi connectivity index (χ3n) is 5.83. The van der Waals surface area contributed by atoms with E-state index in [0.717, 1.165) is 0 Å². The maximum absolute atomic E-state index is 14.0. The van der Waals surface area contributed by atoms with Crippen LogP contribution in [0.3, 0.4) is 0 Å². The van der Waals surface area contributed by atoms with Crippen LogP contribution in [0.5, 0.6) is 5.75 Å². The van der Waals surface area contributed by atoms with Crippen LogP contribution in [0.4, 0.5) is 8.78 Å². The molecule has 2 aromatic rings. The number of ether oxygens (including phenoxy) is 1. The van der Waals surface area contributed by atoms with Crippen molar-refractivity contribution in [1.82, 2.24) is 19.8 Å². The summed E-state index contributed by atoms with van der Waals surface area (Å²) in [6.07, 6.45) is 4.10. The number of rotatable bonds is 6. The van der Waals surface area contributed by atoms with Gasteiger partial charge in [0.1, 0.15) is 30.2 Å². The number of hydrogen-bond acceptors (Lipinski definition) is 6. The molecule has 0 saturated carbocycles. The molecule has 0 bridgehead atoms. The molecular formula is C22H24ClF2N5O2. The Morgan fingerprint density at radius 2 is 1.97 bits per heavy atom. The Bertz CT molecular complexity index is 983. The first-order valence-electron chi connectivity index (χ1n) is 10.5. The fraction of sp³-hybridized carbons (Fsp3) is 0.455. The Morgan fingerprint density at radius 1 is 1.25 bits per heavy atom. The lowest BCUT2D eigenvalue weighted by Crippen LogP contribution is -2.39. The third kappa shape index (κ3) is 5.05. The summed E-state index contributed by atoms with van der Waals surface area (Å²) in [6.45, 7) is 1.78. The van der Waals surface area contributed by atoms with Gasteiger partial charge in [0.15, 0.2) is 0 Å². The minimum Gasteiger partial charge on any atom is -0.489 e. The summed E-state index contributed by atoms with van der Waals surface area (Å²) in [5.74, 6) is -0.619. The van der Waals surface area contributed by atoms with Crippen LogP contribution in [0.15, 0.2) is 30.6 Å². The molecule has 1 aromatic heterocycles. The Morgan fingerprint density at radius 3 is 2.66 bits per heavy atom. The van der Waals surface area contributed by atoms with E-state index >= 15 is 0 Å². The fourth-order valence-corrected chi connectivity index (χ4v) is 4.19. The third-order valence-corrected chi connectivity index (χ3v) is 6.02. The molecular weight excluding hydrogens is 440 g/mol. The maximum atomic E-state index is 14.0. The van der Waals surface area contributed by atoms with Crippen molar-refractivity contribution in [2.45, 2.75) is 24.9 Å². The molecule has 10 heteroatoms. The van der Waals surface area contributed by atoms with Crippen LogP contribution in [-0.2, 0) is 0 Å². The lowest BCUT2D eigenvalue weighted by Gasteiger charge is -2.32. The highest BCUT2D eigenvalue weighted by molar-refractivity contribution is 6.30. The number of alkyl halides is 1. The molecule has 2 aliphatic rings. The number of hydrogen-bond donors (Lipinski definition) is 1. The van der Waals surface area contributed by atoms with Crippen LogP contribution in [0.1, 0.15) is 34.9 Å².